The number of hydrogen-bond donors (Lipinski definition) is 2. The first-order valence-electron chi connectivity index (χ1n) is 9.30. The summed E-state index contributed by atoms with van der Waals surface area (Å²) in [6, 6.07) is 18.5. The summed E-state index contributed by atoms with van der Waals surface area (Å²) in [5.74, 6) is 0.695. The predicted molar refractivity (Wildman–Crippen MR) is 120 cm³/mol. The van der Waals surface area contributed by atoms with Crippen LogP contribution < -0.4 is 24.8 Å². The van der Waals surface area contributed by atoms with Gasteiger partial charge in [-0.25, -0.2) is 0 Å². The number of rotatable bonds is 8. The summed E-state index contributed by atoms with van der Waals surface area (Å²) in [5.41, 5.74) is 1.56. The van der Waals surface area contributed by atoms with Gasteiger partial charge in [0, 0.05) is 22.0 Å². The van der Waals surface area contributed by atoms with Crippen LogP contribution in [0.2, 0.25) is 5.02 Å². The molecule has 8 heteroatoms. The van der Waals surface area contributed by atoms with Crippen LogP contribution in [-0.2, 0) is 4.79 Å². The smallest absolute Gasteiger partial charge is 0.262 e. The van der Waals surface area contributed by atoms with Gasteiger partial charge in [-0.1, -0.05) is 17.7 Å². The summed E-state index contributed by atoms with van der Waals surface area (Å²) in [6.07, 6.45) is 0. The van der Waals surface area contributed by atoms with Crippen LogP contribution >= 0.6 is 11.6 Å². The van der Waals surface area contributed by atoms with Crippen molar-refractivity contribution in [1.29, 1.82) is 0 Å². The number of anilines is 2. The van der Waals surface area contributed by atoms with Gasteiger partial charge in [-0.15, -0.1) is 0 Å². The molecule has 7 nitrogen and oxygen atoms in total. The maximum atomic E-state index is 12.5. The van der Waals surface area contributed by atoms with E-state index in [-0.39, 0.29) is 18.4 Å². The maximum Gasteiger partial charge on any atom is 0.262 e. The monoisotopic (exact) mass is 440 g/mol. The molecule has 0 heterocycles. The predicted octanol–water partition coefficient (Wildman–Crippen LogP) is 4.63. The molecule has 0 fully saturated rings. The van der Waals surface area contributed by atoms with Crippen molar-refractivity contribution in [2.75, 3.05) is 31.5 Å². The largest absolute Gasteiger partial charge is 0.497 e. The lowest BCUT2D eigenvalue weighted by atomic mass is 10.2. The van der Waals surface area contributed by atoms with E-state index in [0.29, 0.717) is 39.2 Å². The second-order valence-electron chi connectivity index (χ2n) is 6.40. The summed E-state index contributed by atoms with van der Waals surface area (Å²) in [6.45, 7) is -0.226. The molecule has 0 aliphatic rings. The average Bonchev–Trinajstić information content (AvgIpc) is 2.78. The minimum absolute atomic E-state index is 0.226. The van der Waals surface area contributed by atoms with Crippen LogP contribution in [0.15, 0.2) is 66.7 Å². The van der Waals surface area contributed by atoms with E-state index in [1.807, 2.05) is 0 Å². The van der Waals surface area contributed by atoms with Gasteiger partial charge >= 0.3 is 0 Å². The molecule has 0 aliphatic carbocycles. The molecule has 160 valence electrons. The third-order valence-corrected chi connectivity index (χ3v) is 4.48. The molecule has 3 rings (SSSR count). The third-order valence-electron chi connectivity index (χ3n) is 4.24. The Bertz CT molecular complexity index is 1070. The van der Waals surface area contributed by atoms with Crippen molar-refractivity contribution in [1.82, 2.24) is 0 Å². The van der Waals surface area contributed by atoms with Crippen molar-refractivity contribution in [3.05, 3.63) is 77.3 Å². The van der Waals surface area contributed by atoms with E-state index in [4.69, 9.17) is 25.8 Å². The summed E-state index contributed by atoms with van der Waals surface area (Å²) in [5, 5.41) is 6.01. The molecule has 0 aromatic heterocycles. The number of amides is 2. The molecule has 0 saturated heterocycles. The first-order valence-corrected chi connectivity index (χ1v) is 9.68. The van der Waals surface area contributed by atoms with Crippen LogP contribution in [-0.4, -0.2) is 32.6 Å². The van der Waals surface area contributed by atoms with Crippen molar-refractivity contribution >= 4 is 34.8 Å². The third kappa shape index (κ3) is 6.13. The Kier molecular flexibility index (Phi) is 7.35. The molecule has 31 heavy (non-hydrogen) atoms. The summed E-state index contributed by atoms with van der Waals surface area (Å²) in [4.78, 5) is 24.7. The number of hydrogen-bond acceptors (Lipinski definition) is 5. The zero-order valence-electron chi connectivity index (χ0n) is 17.0. The lowest BCUT2D eigenvalue weighted by Crippen LogP contribution is -2.20. The van der Waals surface area contributed by atoms with Crippen molar-refractivity contribution in [3.8, 4) is 17.2 Å². The highest BCUT2D eigenvalue weighted by atomic mass is 35.5. The topological polar surface area (TPSA) is 85.9 Å². The standard InChI is InChI=1S/C23H21ClN2O5/c1-29-19-9-7-17(8-10-19)25-22(27)14-31-20-11-6-15(12-21(20)30-2)23(28)26-18-5-3-4-16(24)13-18/h3-13H,14H2,1-2H3,(H,25,27)(H,26,28). The molecule has 2 amide bonds. The molecule has 0 bridgehead atoms. The number of benzene rings is 3. The molecule has 3 aromatic rings. The Labute approximate surface area is 184 Å². The van der Waals surface area contributed by atoms with Gasteiger partial charge in [0.05, 0.1) is 14.2 Å². The van der Waals surface area contributed by atoms with Crippen molar-refractivity contribution < 1.29 is 23.8 Å². The fourth-order valence-electron chi connectivity index (χ4n) is 2.71. The van der Waals surface area contributed by atoms with E-state index >= 15 is 0 Å². The molecular formula is C23H21ClN2O5. The lowest BCUT2D eigenvalue weighted by Gasteiger charge is -2.13. The van der Waals surface area contributed by atoms with Gasteiger partial charge in [0.15, 0.2) is 18.1 Å². The van der Waals surface area contributed by atoms with Gasteiger partial charge in [-0.05, 0) is 60.7 Å². The van der Waals surface area contributed by atoms with E-state index in [2.05, 4.69) is 10.6 Å². The van der Waals surface area contributed by atoms with E-state index in [0.717, 1.165) is 0 Å². The Morgan fingerprint density at radius 3 is 2.29 bits per heavy atom. The fraction of sp³-hybridized carbons (Fsp3) is 0.130. The summed E-state index contributed by atoms with van der Waals surface area (Å²) >= 11 is 5.94. The number of nitrogens with one attached hydrogen (secondary N) is 2. The molecule has 0 spiro atoms. The van der Waals surface area contributed by atoms with Crippen LogP contribution in [0.1, 0.15) is 10.4 Å². The van der Waals surface area contributed by atoms with Crippen LogP contribution in [0.5, 0.6) is 17.2 Å². The zero-order chi connectivity index (χ0) is 22.2. The highest BCUT2D eigenvalue weighted by Crippen LogP contribution is 2.28. The quantitative estimate of drug-likeness (QED) is 0.533. The van der Waals surface area contributed by atoms with Gasteiger partial charge in [0.25, 0.3) is 11.8 Å². The minimum atomic E-state index is -0.338. The Hall–Kier alpha value is -3.71. The summed E-state index contributed by atoms with van der Waals surface area (Å²) in [7, 11) is 3.03. The number of carbonyl (C=O) groups is 2. The van der Waals surface area contributed by atoms with Gasteiger partial charge in [-0.2, -0.15) is 0 Å². The van der Waals surface area contributed by atoms with Gasteiger partial charge in [0.1, 0.15) is 5.75 Å². The molecule has 0 unspecified atom stereocenters. The van der Waals surface area contributed by atoms with Crippen LogP contribution in [0.25, 0.3) is 0 Å². The highest BCUT2D eigenvalue weighted by Gasteiger charge is 2.13. The van der Waals surface area contributed by atoms with E-state index < -0.39 is 0 Å². The molecule has 2 N–H and O–H groups in total. The molecule has 3 aromatic carbocycles. The molecular weight excluding hydrogens is 420 g/mol. The van der Waals surface area contributed by atoms with Crippen LogP contribution in [0, 0.1) is 0 Å². The second kappa shape index (κ2) is 10.4. The Morgan fingerprint density at radius 2 is 1.61 bits per heavy atom. The average molecular weight is 441 g/mol. The SMILES string of the molecule is COc1ccc(NC(=O)COc2ccc(C(=O)Nc3cccc(Cl)c3)cc2OC)cc1. The van der Waals surface area contributed by atoms with E-state index in [9.17, 15) is 9.59 Å². The minimum Gasteiger partial charge on any atom is -0.497 e. The first-order chi connectivity index (χ1) is 15.0. The number of carbonyl (C=O) groups excluding carboxylic acids is 2. The highest BCUT2D eigenvalue weighted by molar-refractivity contribution is 6.31. The van der Waals surface area contributed by atoms with Crippen molar-refractivity contribution in [3.63, 3.8) is 0 Å². The lowest BCUT2D eigenvalue weighted by molar-refractivity contribution is -0.118. The van der Waals surface area contributed by atoms with E-state index in [1.54, 1.807) is 67.8 Å². The Morgan fingerprint density at radius 1 is 0.839 bits per heavy atom. The van der Waals surface area contributed by atoms with Crippen LogP contribution in [0.3, 0.4) is 0 Å². The first kappa shape index (κ1) is 22.0. The second-order valence-corrected chi connectivity index (χ2v) is 6.83. The zero-order valence-corrected chi connectivity index (χ0v) is 17.7. The number of methoxy groups -OCH3 is 2. The van der Waals surface area contributed by atoms with Gasteiger partial charge in [-0.3, -0.25) is 9.59 Å². The van der Waals surface area contributed by atoms with Crippen molar-refractivity contribution in [2.24, 2.45) is 0 Å². The normalized spacial score (nSPS) is 10.2. The summed E-state index contributed by atoms with van der Waals surface area (Å²) < 4.78 is 16.0. The van der Waals surface area contributed by atoms with Gasteiger partial charge < -0.3 is 24.8 Å². The molecule has 0 radical (unpaired) electrons. The maximum absolute atomic E-state index is 12.5. The molecule has 0 atom stereocenters. The number of ether oxygens (including phenoxy) is 3. The number of halogens is 1. The van der Waals surface area contributed by atoms with Crippen molar-refractivity contribution in [2.45, 2.75) is 0 Å². The Balaban J connectivity index is 1.61. The molecule has 0 saturated carbocycles. The van der Waals surface area contributed by atoms with Crippen LogP contribution in [0.4, 0.5) is 11.4 Å². The fourth-order valence-corrected chi connectivity index (χ4v) is 2.90. The molecule has 0 aliphatic heterocycles. The van der Waals surface area contributed by atoms with E-state index in [1.165, 1.54) is 13.2 Å². The van der Waals surface area contributed by atoms with Gasteiger partial charge in [0.2, 0.25) is 0 Å².